The molecule has 1 aromatic carbocycles. The van der Waals surface area contributed by atoms with Gasteiger partial charge in [0.2, 0.25) is 0 Å². The van der Waals surface area contributed by atoms with Crippen LogP contribution in [0.1, 0.15) is 18.9 Å². The highest BCUT2D eigenvalue weighted by Gasteiger charge is 2.19. The third kappa shape index (κ3) is 2.76. The van der Waals surface area contributed by atoms with E-state index in [1.807, 2.05) is 31.3 Å². The smallest absolute Gasteiger partial charge is 0.410 e. The number of aromatic nitrogens is 1. The number of rotatable bonds is 2. The fourth-order valence-electron chi connectivity index (χ4n) is 2.66. The Morgan fingerprint density at radius 3 is 3.05 bits per heavy atom. The lowest BCUT2D eigenvalue weighted by molar-refractivity contribution is 0.111. The second kappa shape index (κ2) is 5.82. The summed E-state index contributed by atoms with van der Waals surface area (Å²) in [6.45, 7) is 3.51. The SMILES string of the molecule is CCOC(=O)N1CC=C(c2c[nH]c3cc(Cl)ccc23)CC1. The van der Waals surface area contributed by atoms with E-state index in [1.54, 1.807) is 4.90 Å². The van der Waals surface area contributed by atoms with Gasteiger partial charge in [0.15, 0.2) is 0 Å². The van der Waals surface area contributed by atoms with Crippen molar-refractivity contribution in [3.63, 3.8) is 0 Å². The first-order chi connectivity index (χ1) is 10.2. The second-order valence-corrected chi connectivity index (χ2v) is 5.45. The normalized spacial score (nSPS) is 15.1. The van der Waals surface area contributed by atoms with E-state index in [0.717, 1.165) is 22.3 Å². The molecule has 3 rings (SSSR count). The topological polar surface area (TPSA) is 45.3 Å². The number of halogens is 1. The van der Waals surface area contributed by atoms with Gasteiger partial charge in [0.25, 0.3) is 0 Å². The standard InChI is InChI=1S/C16H17ClN2O2/c1-2-21-16(20)19-7-5-11(6-8-19)14-10-18-15-9-12(17)3-4-13(14)15/h3-5,9-10,18H,2,6-8H2,1H3. The Balaban J connectivity index is 1.83. The molecule has 4 nitrogen and oxygen atoms in total. The molecule has 110 valence electrons. The molecule has 0 atom stereocenters. The van der Waals surface area contributed by atoms with Crippen LogP contribution in [0.2, 0.25) is 5.02 Å². The number of benzene rings is 1. The molecular formula is C16H17ClN2O2. The van der Waals surface area contributed by atoms with Crippen LogP contribution in [0, 0.1) is 0 Å². The molecule has 1 amide bonds. The van der Waals surface area contributed by atoms with E-state index >= 15 is 0 Å². The summed E-state index contributed by atoms with van der Waals surface area (Å²) in [5, 5.41) is 1.89. The molecule has 1 aliphatic heterocycles. The number of carbonyl (C=O) groups excluding carboxylic acids is 1. The maximum atomic E-state index is 11.7. The third-order valence-corrected chi connectivity index (χ3v) is 3.96. The van der Waals surface area contributed by atoms with Crippen molar-refractivity contribution in [2.45, 2.75) is 13.3 Å². The van der Waals surface area contributed by atoms with Crippen molar-refractivity contribution in [2.24, 2.45) is 0 Å². The lowest BCUT2D eigenvalue weighted by Crippen LogP contribution is -2.35. The van der Waals surface area contributed by atoms with E-state index in [2.05, 4.69) is 11.1 Å². The van der Waals surface area contributed by atoms with Crippen molar-refractivity contribution >= 4 is 34.2 Å². The minimum atomic E-state index is -0.237. The van der Waals surface area contributed by atoms with Gasteiger partial charge in [0.1, 0.15) is 0 Å². The number of aromatic amines is 1. The molecule has 2 aromatic rings. The second-order valence-electron chi connectivity index (χ2n) is 5.02. The van der Waals surface area contributed by atoms with Gasteiger partial charge in [-0.25, -0.2) is 4.79 Å². The number of hydrogen-bond acceptors (Lipinski definition) is 2. The Kier molecular flexibility index (Phi) is 3.88. The van der Waals surface area contributed by atoms with Gasteiger partial charge in [0, 0.05) is 40.8 Å². The van der Waals surface area contributed by atoms with E-state index < -0.39 is 0 Å². The summed E-state index contributed by atoms with van der Waals surface area (Å²) in [4.78, 5) is 16.7. The van der Waals surface area contributed by atoms with Crippen LogP contribution in [0.3, 0.4) is 0 Å². The fourth-order valence-corrected chi connectivity index (χ4v) is 2.83. The predicted octanol–water partition coefficient (Wildman–Crippen LogP) is 4.07. The van der Waals surface area contributed by atoms with E-state index in [1.165, 1.54) is 11.1 Å². The van der Waals surface area contributed by atoms with Crippen LogP contribution in [0.5, 0.6) is 0 Å². The Morgan fingerprint density at radius 2 is 2.33 bits per heavy atom. The number of hydrogen-bond donors (Lipinski definition) is 1. The minimum absolute atomic E-state index is 0.237. The van der Waals surface area contributed by atoms with E-state index in [4.69, 9.17) is 16.3 Å². The number of fused-ring (bicyclic) bond motifs is 1. The first kappa shape index (κ1) is 14.0. The van der Waals surface area contributed by atoms with Crippen LogP contribution in [0.25, 0.3) is 16.5 Å². The molecule has 0 saturated carbocycles. The third-order valence-electron chi connectivity index (χ3n) is 3.72. The molecular weight excluding hydrogens is 288 g/mol. The lowest BCUT2D eigenvalue weighted by Gasteiger charge is -2.25. The summed E-state index contributed by atoms with van der Waals surface area (Å²) in [6, 6.07) is 5.85. The van der Waals surface area contributed by atoms with Crippen molar-refractivity contribution in [3.05, 3.63) is 41.1 Å². The summed E-state index contributed by atoms with van der Waals surface area (Å²) in [5.41, 5.74) is 3.47. The maximum Gasteiger partial charge on any atom is 0.410 e. The molecule has 1 aromatic heterocycles. The van der Waals surface area contributed by atoms with Gasteiger partial charge in [-0.3, -0.25) is 0 Å². The number of H-pyrrole nitrogens is 1. The molecule has 0 radical (unpaired) electrons. The van der Waals surface area contributed by atoms with Gasteiger partial charge in [-0.2, -0.15) is 0 Å². The average molecular weight is 305 g/mol. The molecule has 0 saturated heterocycles. The van der Waals surface area contributed by atoms with Crippen molar-refractivity contribution in [1.29, 1.82) is 0 Å². The van der Waals surface area contributed by atoms with Crippen molar-refractivity contribution in [2.75, 3.05) is 19.7 Å². The Morgan fingerprint density at radius 1 is 1.48 bits per heavy atom. The quantitative estimate of drug-likeness (QED) is 0.909. The fraction of sp³-hybridized carbons (Fsp3) is 0.312. The van der Waals surface area contributed by atoms with Crippen LogP contribution in [0.4, 0.5) is 4.79 Å². The molecule has 5 heteroatoms. The highest BCUT2D eigenvalue weighted by Crippen LogP contribution is 2.30. The summed E-state index contributed by atoms with van der Waals surface area (Å²) in [6.07, 6.45) is 4.69. The zero-order valence-corrected chi connectivity index (χ0v) is 12.6. The number of amides is 1. The predicted molar refractivity (Wildman–Crippen MR) is 84.5 cm³/mol. The van der Waals surface area contributed by atoms with Crippen LogP contribution in [-0.2, 0) is 4.74 Å². The monoisotopic (exact) mass is 304 g/mol. The zero-order chi connectivity index (χ0) is 14.8. The van der Waals surface area contributed by atoms with E-state index in [0.29, 0.717) is 19.7 Å². The lowest BCUT2D eigenvalue weighted by atomic mass is 9.99. The largest absolute Gasteiger partial charge is 0.450 e. The molecule has 1 N–H and O–H groups in total. The average Bonchev–Trinajstić information content (AvgIpc) is 2.90. The van der Waals surface area contributed by atoms with Gasteiger partial charge >= 0.3 is 6.09 Å². The van der Waals surface area contributed by atoms with Crippen LogP contribution < -0.4 is 0 Å². The van der Waals surface area contributed by atoms with Gasteiger partial charge in [0.05, 0.1) is 6.61 Å². The Labute approximate surface area is 128 Å². The molecule has 21 heavy (non-hydrogen) atoms. The van der Waals surface area contributed by atoms with Crippen molar-refractivity contribution in [1.82, 2.24) is 9.88 Å². The van der Waals surface area contributed by atoms with Gasteiger partial charge in [-0.15, -0.1) is 0 Å². The summed E-state index contributed by atoms with van der Waals surface area (Å²) >= 11 is 6.00. The minimum Gasteiger partial charge on any atom is -0.450 e. The molecule has 0 bridgehead atoms. The van der Waals surface area contributed by atoms with E-state index in [-0.39, 0.29) is 6.09 Å². The van der Waals surface area contributed by atoms with E-state index in [9.17, 15) is 4.79 Å². The molecule has 0 aliphatic carbocycles. The molecule has 0 unspecified atom stereocenters. The summed E-state index contributed by atoms with van der Waals surface area (Å²) in [7, 11) is 0. The number of ether oxygens (including phenoxy) is 1. The molecule has 1 aliphatic rings. The van der Waals surface area contributed by atoms with Crippen molar-refractivity contribution in [3.8, 4) is 0 Å². The van der Waals surface area contributed by atoms with Crippen LogP contribution in [-0.4, -0.2) is 35.7 Å². The van der Waals surface area contributed by atoms with Crippen LogP contribution >= 0.6 is 11.6 Å². The summed E-state index contributed by atoms with van der Waals surface area (Å²) < 4.78 is 5.03. The number of carbonyl (C=O) groups is 1. The highest BCUT2D eigenvalue weighted by molar-refractivity contribution is 6.31. The summed E-state index contributed by atoms with van der Waals surface area (Å²) in [5.74, 6) is 0. The van der Waals surface area contributed by atoms with Crippen LogP contribution in [0.15, 0.2) is 30.5 Å². The van der Waals surface area contributed by atoms with Crippen molar-refractivity contribution < 1.29 is 9.53 Å². The van der Waals surface area contributed by atoms with Gasteiger partial charge in [-0.05, 0) is 31.1 Å². The Hall–Kier alpha value is -1.94. The zero-order valence-electron chi connectivity index (χ0n) is 11.9. The maximum absolute atomic E-state index is 11.7. The molecule has 0 fully saturated rings. The first-order valence-electron chi connectivity index (χ1n) is 7.06. The number of nitrogens with zero attached hydrogens (tertiary/aromatic N) is 1. The Bertz CT molecular complexity index is 705. The van der Waals surface area contributed by atoms with Gasteiger partial charge in [-0.1, -0.05) is 23.7 Å². The first-order valence-corrected chi connectivity index (χ1v) is 7.44. The van der Waals surface area contributed by atoms with Gasteiger partial charge < -0.3 is 14.6 Å². The number of nitrogens with one attached hydrogen (secondary N) is 1. The molecule has 2 heterocycles. The molecule has 0 spiro atoms. The highest BCUT2D eigenvalue weighted by atomic mass is 35.5.